The summed E-state index contributed by atoms with van der Waals surface area (Å²) in [6, 6.07) is 7.80. The second kappa shape index (κ2) is 7.04. The zero-order valence-corrected chi connectivity index (χ0v) is 17.4. The van der Waals surface area contributed by atoms with Crippen molar-refractivity contribution in [1.29, 1.82) is 0 Å². The van der Waals surface area contributed by atoms with Crippen LogP contribution in [0.15, 0.2) is 24.3 Å². The molecule has 1 N–H and O–H groups in total. The Morgan fingerprint density at radius 2 is 1.89 bits per heavy atom. The lowest BCUT2D eigenvalue weighted by atomic mass is 10.0. The molecule has 7 nitrogen and oxygen atoms in total. The summed E-state index contributed by atoms with van der Waals surface area (Å²) < 4.78 is 0. The molecule has 1 aromatic rings. The van der Waals surface area contributed by atoms with Gasteiger partial charge in [0.15, 0.2) is 0 Å². The number of urea groups is 1. The average molecular weight is 386 g/mol. The van der Waals surface area contributed by atoms with E-state index < -0.39 is 0 Å². The largest absolute Gasteiger partial charge is 0.343 e. The molecule has 4 unspecified atom stereocenters. The van der Waals surface area contributed by atoms with E-state index in [0.29, 0.717) is 12.5 Å². The fourth-order valence-corrected chi connectivity index (χ4v) is 4.82. The number of benzene rings is 1. The summed E-state index contributed by atoms with van der Waals surface area (Å²) in [7, 11) is 1.80. The summed E-state index contributed by atoms with van der Waals surface area (Å²) >= 11 is 0. The van der Waals surface area contributed by atoms with Crippen molar-refractivity contribution in [2.24, 2.45) is 11.8 Å². The number of rotatable bonds is 3. The predicted octanol–water partition coefficient (Wildman–Crippen LogP) is 1.88. The van der Waals surface area contributed by atoms with Crippen molar-refractivity contribution < 1.29 is 9.59 Å². The molecule has 3 saturated heterocycles. The van der Waals surface area contributed by atoms with Crippen molar-refractivity contribution >= 4 is 17.6 Å². The molecule has 0 bridgehead atoms. The highest BCUT2D eigenvalue weighted by atomic mass is 16.2. The normalized spacial score (nSPS) is 30.9. The first-order valence-electron chi connectivity index (χ1n) is 10.2. The maximum atomic E-state index is 13.3. The van der Waals surface area contributed by atoms with Gasteiger partial charge in [-0.15, -0.1) is 0 Å². The van der Waals surface area contributed by atoms with Crippen molar-refractivity contribution in [3.63, 3.8) is 0 Å². The van der Waals surface area contributed by atoms with E-state index in [0.717, 1.165) is 13.1 Å². The van der Waals surface area contributed by atoms with Crippen LogP contribution < -0.4 is 10.2 Å². The first kappa shape index (κ1) is 19.2. The van der Waals surface area contributed by atoms with Crippen LogP contribution in [0.2, 0.25) is 0 Å². The third-order valence-electron chi connectivity index (χ3n) is 6.06. The third-order valence-corrected chi connectivity index (χ3v) is 6.06. The van der Waals surface area contributed by atoms with E-state index in [4.69, 9.17) is 0 Å². The molecule has 1 aromatic carbocycles. The van der Waals surface area contributed by atoms with E-state index in [1.165, 1.54) is 16.2 Å². The van der Waals surface area contributed by atoms with Gasteiger partial charge in [-0.1, -0.05) is 39.0 Å². The van der Waals surface area contributed by atoms with Gasteiger partial charge in [-0.2, -0.15) is 0 Å². The number of aryl methyl sites for hydroxylation is 1. The molecule has 0 spiro atoms. The monoisotopic (exact) mass is 385 g/mol. The number of likely N-dealkylation sites (N-methyl/N-ethyl adjacent to an activating group) is 1. The van der Waals surface area contributed by atoms with Crippen LogP contribution in [-0.2, 0) is 4.79 Å². The van der Waals surface area contributed by atoms with Crippen LogP contribution in [0.25, 0.3) is 0 Å². The second-order valence-electron chi connectivity index (χ2n) is 8.91. The predicted molar refractivity (Wildman–Crippen MR) is 109 cm³/mol. The lowest BCUT2D eigenvalue weighted by Crippen LogP contribution is -2.67. The zero-order chi connectivity index (χ0) is 20.2. The van der Waals surface area contributed by atoms with Gasteiger partial charge in [-0.3, -0.25) is 19.9 Å². The summed E-state index contributed by atoms with van der Waals surface area (Å²) in [5.41, 5.74) is 2.39. The highest BCUT2D eigenvalue weighted by molar-refractivity contribution is 6.00. The number of nitrogens with zero attached hydrogens (tertiary/aromatic N) is 4. The third kappa shape index (κ3) is 2.97. The van der Waals surface area contributed by atoms with Crippen LogP contribution in [-0.4, -0.2) is 71.8 Å². The summed E-state index contributed by atoms with van der Waals surface area (Å²) in [6.07, 6.45) is -0.393. The van der Waals surface area contributed by atoms with Crippen molar-refractivity contribution in [2.75, 3.05) is 31.6 Å². The van der Waals surface area contributed by atoms with E-state index in [1.807, 2.05) is 19.9 Å². The van der Waals surface area contributed by atoms with E-state index in [1.54, 1.807) is 11.9 Å². The second-order valence-corrected chi connectivity index (χ2v) is 8.91. The molecule has 0 aromatic heterocycles. The Morgan fingerprint density at radius 1 is 1.18 bits per heavy atom. The number of para-hydroxylation sites is 1. The summed E-state index contributed by atoms with van der Waals surface area (Å²) in [5.74, 6) is 0.591. The minimum Gasteiger partial charge on any atom is -0.343 e. The Balaban J connectivity index is 1.69. The number of anilines is 1. The molecule has 3 fully saturated rings. The molecule has 0 aliphatic carbocycles. The number of nitrogens with one attached hydrogen (secondary N) is 1. The molecule has 3 aliphatic heterocycles. The molecule has 0 saturated carbocycles. The van der Waals surface area contributed by atoms with E-state index in [9.17, 15) is 9.59 Å². The molecular formula is C21H31N5O2. The van der Waals surface area contributed by atoms with Gasteiger partial charge in [0.25, 0.3) is 5.91 Å². The van der Waals surface area contributed by atoms with Crippen molar-refractivity contribution in [2.45, 2.75) is 46.2 Å². The number of carbonyl (C=O) groups excluding carboxylic acids is 2. The fraction of sp³-hybridized carbons (Fsp3) is 0.619. The van der Waals surface area contributed by atoms with Crippen LogP contribution >= 0.6 is 0 Å². The minimum absolute atomic E-state index is 0.0735. The molecule has 4 atom stereocenters. The van der Waals surface area contributed by atoms with Crippen LogP contribution in [0.4, 0.5) is 10.5 Å². The molecule has 4 rings (SSSR count). The fourth-order valence-electron chi connectivity index (χ4n) is 4.82. The topological polar surface area (TPSA) is 59.1 Å². The quantitative estimate of drug-likeness (QED) is 0.861. The maximum Gasteiger partial charge on any atom is 0.327 e. The van der Waals surface area contributed by atoms with Gasteiger partial charge < -0.3 is 9.80 Å². The van der Waals surface area contributed by atoms with Gasteiger partial charge in [0.1, 0.15) is 18.5 Å². The van der Waals surface area contributed by atoms with Crippen LogP contribution in [0, 0.1) is 18.8 Å². The molecule has 3 heterocycles. The lowest BCUT2D eigenvalue weighted by Gasteiger charge is -2.46. The van der Waals surface area contributed by atoms with Gasteiger partial charge in [0.05, 0.1) is 0 Å². The van der Waals surface area contributed by atoms with Crippen LogP contribution in [0.3, 0.4) is 0 Å². The van der Waals surface area contributed by atoms with Crippen molar-refractivity contribution in [1.82, 2.24) is 20.0 Å². The van der Waals surface area contributed by atoms with E-state index >= 15 is 0 Å². The first-order valence-corrected chi connectivity index (χ1v) is 10.2. The Morgan fingerprint density at radius 3 is 2.57 bits per heavy atom. The van der Waals surface area contributed by atoms with Gasteiger partial charge in [-0.05, 0) is 30.4 Å². The van der Waals surface area contributed by atoms with Crippen LogP contribution in [0.1, 0.15) is 26.3 Å². The molecular weight excluding hydrogens is 354 g/mol. The molecule has 152 valence electrons. The number of carbonyl (C=O) groups is 2. The van der Waals surface area contributed by atoms with E-state index in [2.05, 4.69) is 47.2 Å². The number of imide groups is 1. The lowest BCUT2D eigenvalue weighted by molar-refractivity contribution is -0.139. The smallest absolute Gasteiger partial charge is 0.327 e. The summed E-state index contributed by atoms with van der Waals surface area (Å²) in [6.45, 7) is 10.6. The van der Waals surface area contributed by atoms with Gasteiger partial charge in [0.2, 0.25) is 0 Å². The highest BCUT2D eigenvalue weighted by Crippen LogP contribution is 2.35. The maximum absolute atomic E-state index is 13.3. The summed E-state index contributed by atoms with van der Waals surface area (Å²) in [4.78, 5) is 33.9. The SMILES string of the molecule is Cc1ccccc1N1CC(C)CN2C3C(=O)N(CC(C)C)C(=O)N(C)C3NC12. The minimum atomic E-state index is -0.347. The Bertz CT molecular complexity index is 782. The Kier molecular flexibility index (Phi) is 4.83. The standard InChI is InChI=1S/C21H31N5O2/c1-13(2)10-26-19(27)17-18(23(5)21(26)28)22-20-24(11-14(3)12-25(17)20)16-9-7-6-8-15(16)4/h6-9,13-14,17-18,20,22H,10-12H2,1-5H3. The zero-order valence-electron chi connectivity index (χ0n) is 17.4. The van der Waals surface area contributed by atoms with E-state index in [-0.39, 0.29) is 36.4 Å². The Labute approximate surface area is 167 Å². The number of fused-ring (bicyclic) bond motifs is 3. The Hall–Kier alpha value is -2.12. The number of hydrogen-bond donors (Lipinski definition) is 1. The summed E-state index contributed by atoms with van der Waals surface area (Å²) in [5, 5.41) is 3.59. The van der Waals surface area contributed by atoms with Crippen molar-refractivity contribution in [3.05, 3.63) is 29.8 Å². The molecule has 7 heteroatoms. The van der Waals surface area contributed by atoms with Crippen molar-refractivity contribution in [3.8, 4) is 0 Å². The average Bonchev–Trinajstić information content (AvgIpc) is 3.02. The van der Waals surface area contributed by atoms with Crippen LogP contribution in [0.5, 0.6) is 0 Å². The van der Waals surface area contributed by atoms with Gasteiger partial charge in [0, 0.05) is 32.4 Å². The highest BCUT2D eigenvalue weighted by Gasteiger charge is 2.56. The number of amides is 3. The molecule has 28 heavy (non-hydrogen) atoms. The molecule has 0 radical (unpaired) electrons. The molecule has 3 amide bonds. The first-order chi connectivity index (χ1) is 13.3. The van der Waals surface area contributed by atoms with Gasteiger partial charge >= 0.3 is 6.03 Å². The number of hydrogen-bond acceptors (Lipinski definition) is 5. The van der Waals surface area contributed by atoms with Gasteiger partial charge in [-0.25, -0.2) is 4.79 Å². The molecule has 3 aliphatic rings.